The molecule has 0 unspecified atom stereocenters. The van der Waals surface area contributed by atoms with E-state index in [9.17, 15) is 24.3 Å². The van der Waals surface area contributed by atoms with Crippen LogP contribution in [-0.2, 0) is 20.6 Å². The maximum absolute atomic E-state index is 12.1. The van der Waals surface area contributed by atoms with Gasteiger partial charge in [-0.05, 0) is 5.56 Å². The van der Waals surface area contributed by atoms with E-state index in [4.69, 9.17) is 0 Å². The SMILES string of the molecule is Cn1c(N/N=C/c2c(O)n(Cc3ccccc3)c(=O)[nH]c2=O)cc(=O)n(C)c1=O. The Bertz CT molecular complexity index is 1310. The van der Waals surface area contributed by atoms with Crippen LogP contribution in [0.2, 0.25) is 0 Å². The Labute approximate surface area is 162 Å². The Balaban J connectivity index is 1.95. The van der Waals surface area contributed by atoms with Crippen LogP contribution in [0.15, 0.2) is 60.7 Å². The number of benzene rings is 1. The summed E-state index contributed by atoms with van der Waals surface area (Å²) in [6.07, 6.45) is 0.997. The van der Waals surface area contributed by atoms with Crippen molar-refractivity contribution in [3.8, 4) is 5.88 Å². The molecule has 0 atom stereocenters. The van der Waals surface area contributed by atoms with Gasteiger partial charge in [0.05, 0.1) is 12.8 Å². The standard InChI is InChI=1S/C18H18N6O5/c1-22-13(8-14(25)23(2)18(22)29)21-19-9-12-15(26)20-17(28)24(16(12)27)10-11-6-4-3-5-7-11/h3-9,21,27H,10H2,1-2H3,(H,20,26,28)/b19-9+. The number of hydrazone groups is 1. The molecule has 0 saturated carbocycles. The molecule has 2 heterocycles. The molecule has 11 heteroatoms. The smallest absolute Gasteiger partial charge is 0.332 e. The molecule has 29 heavy (non-hydrogen) atoms. The Morgan fingerprint density at radius 2 is 1.79 bits per heavy atom. The quantitative estimate of drug-likeness (QED) is 0.377. The van der Waals surface area contributed by atoms with E-state index in [0.29, 0.717) is 0 Å². The minimum atomic E-state index is -0.833. The molecule has 3 N–H and O–H groups in total. The number of aromatic amines is 1. The molecule has 0 fully saturated rings. The van der Waals surface area contributed by atoms with Gasteiger partial charge in [-0.1, -0.05) is 30.3 Å². The summed E-state index contributed by atoms with van der Waals surface area (Å²) in [6, 6.07) is 10.1. The van der Waals surface area contributed by atoms with Gasteiger partial charge >= 0.3 is 11.4 Å². The number of anilines is 1. The summed E-state index contributed by atoms with van der Waals surface area (Å²) in [5.74, 6) is -0.478. The molecule has 2 aromatic heterocycles. The number of aromatic hydroxyl groups is 1. The third-order valence-electron chi connectivity index (χ3n) is 4.29. The van der Waals surface area contributed by atoms with E-state index in [1.54, 1.807) is 24.3 Å². The van der Waals surface area contributed by atoms with E-state index >= 15 is 0 Å². The second kappa shape index (κ2) is 7.84. The monoisotopic (exact) mass is 398 g/mol. The van der Waals surface area contributed by atoms with Gasteiger partial charge in [0, 0.05) is 20.2 Å². The van der Waals surface area contributed by atoms with E-state index in [0.717, 1.165) is 31.5 Å². The highest BCUT2D eigenvalue weighted by molar-refractivity contribution is 5.82. The van der Waals surface area contributed by atoms with Gasteiger partial charge in [0.25, 0.3) is 11.1 Å². The van der Waals surface area contributed by atoms with Crippen molar-refractivity contribution in [1.29, 1.82) is 0 Å². The molecule has 11 nitrogen and oxygen atoms in total. The Morgan fingerprint density at radius 3 is 2.48 bits per heavy atom. The zero-order valence-electron chi connectivity index (χ0n) is 15.6. The minimum absolute atomic E-state index is 0.0415. The van der Waals surface area contributed by atoms with Crippen LogP contribution in [0.25, 0.3) is 0 Å². The molecule has 0 amide bonds. The number of rotatable bonds is 5. The van der Waals surface area contributed by atoms with Crippen LogP contribution in [0.4, 0.5) is 5.82 Å². The molecule has 1 aromatic carbocycles. The number of aromatic nitrogens is 4. The fourth-order valence-corrected chi connectivity index (χ4v) is 2.61. The van der Waals surface area contributed by atoms with Gasteiger partial charge in [-0.2, -0.15) is 5.10 Å². The van der Waals surface area contributed by atoms with Crippen LogP contribution in [0, 0.1) is 0 Å². The first-order valence-electron chi connectivity index (χ1n) is 8.45. The lowest BCUT2D eigenvalue weighted by molar-refractivity contribution is 0.408. The van der Waals surface area contributed by atoms with Crippen molar-refractivity contribution in [2.24, 2.45) is 19.2 Å². The van der Waals surface area contributed by atoms with Gasteiger partial charge in [0.2, 0.25) is 5.88 Å². The average Bonchev–Trinajstić information content (AvgIpc) is 2.70. The second-order valence-electron chi connectivity index (χ2n) is 6.21. The van der Waals surface area contributed by atoms with Crippen LogP contribution in [0.3, 0.4) is 0 Å². The van der Waals surface area contributed by atoms with Crippen molar-refractivity contribution in [3.05, 3.63) is 89.2 Å². The zero-order chi connectivity index (χ0) is 21.1. The van der Waals surface area contributed by atoms with E-state index < -0.39 is 28.4 Å². The molecule has 0 radical (unpaired) electrons. The highest BCUT2D eigenvalue weighted by Gasteiger charge is 2.13. The van der Waals surface area contributed by atoms with Crippen LogP contribution in [0.5, 0.6) is 5.88 Å². The number of hydrogen-bond acceptors (Lipinski definition) is 7. The predicted octanol–water partition coefficient (Wildman–Crippen LogP) is -0.866. The van der Waals surface area contributed by atoms with E-state index in [1.165, 1.54) is 14.1 Å². The van der Waals surface area contributed by atoms with E-state index in [2.05, 4.69) is 15.5 Å². The van der Waals surface area contributed by atoms with Crippen molar-refractivity contribution in [2.45, 2.75) is 6.54 Å². The molecule has 0 aliphatic carbocycles. The van der Waals surface area contributed by atoms with Crippen LogP contribution < -0.4 is 27.9 Å². The molecular formula is C18H18N6O5. The topological polar surface area (TPSA) is 143 Å². The number of hydrogen-bond donors (Lipinski definition) is 3. The normalized spacial score (nSPS) is 11.1. The van der Waals surface area contributed by atoms with Gasteiger partial charge < -0.3 is 5.11 Å². The van der Waals surface area contributed by atoms with Gasteiger partial charge in [-0.25, -0.2) is 9.59 Å². The van der Waals surface area contributed by atoms with Crippen LogP contribution in [-0.4, -0.2) is 30.0 Å². The number of H-pyrrole nitrogens is 1. The summed E-state index contributed by atoms with van der Waals surface area (Å²) in [5.41, 5.74) is 0.255. The predicted molar refractivity (Wildman–Crippen MR) is 107 cm³/mol. The third kappa shape index (κ3) is 3.93. The van der Waals surface area contributed by atoms with Crippen LogP contribution >= 0.6 is 0 Å². The van der Waals surface area contributed by atoms with Crippen molar-refractivity contribution in [3.63, 3.8) is 0 Å². The van der Waals surface area contributed by atoms with Gasteiger partial charge in [0.1, 0.15) is 11.4 Å². The lowest BCUT2D eigenvalue weighted by Crippen LogP contribution is -2.37. The van der Waals surface area contributed by atoms with Crippen LogP contribution in [0.1, 0.15) is 11.1 Å². The number of nitrogens with one attached hydrogen (secondary N) is 2. The molecule has 0 aliphatic rings. The van der Waals surface area contributed by atoms with E-state index in [1.807, 2.05) is 6.07 Å². The van der Waals surface area contributed by atoms with Crippen molar-refractivity contribution < 1.29 is 5.11 Å². The Morgan fingerprint density at radius 1 is 1.10 bits per heavy atom. The molecule has 0 saturated heterocycles. The maximum Gasteiger partial charge on any atom is 0.332 e. The Hall–Kier alpha value is -4.15. The fraction of sp³-hybridized carbons (Fsp3) is 0.167. The van der Waals surface area contributed by atoms with Crippen molar-refractivity contribution in [1.82, 2.24) is 18.7 Å². The van der Waals surface area contributed by atoms with E-state index in [-0.39, 0.29) is 17.9 Å². The first kappa shape index (κ1) is 19.6. The van der Waals surface area contributed by atoms with Gasteiger partial charge in [-0.3, -0.25) is 33.7 Å². The summed E-state index contributed by atoms with van der Waals surface area (Å²) >= 11 is 0. The van der Waals surface area contributed by atoms with Gasteiger partial charge in [-0.15, -0.1) is 0 Å². The highest BCUT2D eigenvalue weighted by Crippen LogP contribution is 2.11. The first-order chi connectivity index (χ1) is 13.8. The minimum Gasteiger partial charge on any atom is -0.494 e. The molecular weight excluding hydrogens is 380 g/mol. The number of nitrogens with zero attached hydrogens (tertiary/aromatic N) is 4. The maximum atomic E-state index is 12.1. The zero-order valence-corrected chi connectivity index (χ0v) is 15.6. The lowest BCUT2D eigenvalue weighted by atomic mass is 10.2. The molecule has 150 valence electrons. The largest absolute Gasteiger partial charge is 0.494 e. The summed E-state index contributed by atoms with van der Waals surface area (Å²) in [6.45, 7) is 0.0415. The van der Waals surface area contributed by atoms with Crippen molar-refractivity contribution >= 4 is 12.0 Å². The third-order valence-corrected chi connectivity index (χ3v) is 4.29. The summed E-state index contributed by atoms with van der Waals surface area (Å²) in [7, 11) is 2.77. The highest BCUT2D eigenvalue weighted by atomic mass is 16.3. The summed E-state index contributed by atoms with van der Waals surface area (Å²) in [4.78, 5) is 49.9. The molecule has 3 aromatic rings. The molecule has 0 aliphatic heterocycles. The molecule has 0 bridgehead atoms. The average molecular weight is 398 g/mol. The fourth-order valence-electron chi connectivity index (χ4n) is 2.61. The Kier molecular flexibility index (Phi) is 5.30. The lowest BCUT2D eigenvalue weighted by Gasteiger charge is -2.10. The second-order valence-corrected chi connectivity index (χ2v) is 6.21. The molecule has 0 spiro atoms. The summed E-state index contributed by atoms with van der Waals surface area (Å²) in [5, 5.41) is 14.2. The van der Waals surface area contributed by atoms with Crippen molar-refractivity contribution in [2.75, 3.05) is 5.43 Å². The molecule has 3 rings (SSSR count). The first-order valence-corrected chi connectivity index (χ1v) is 8.45. The summed E-state index contributed by atoms with van der Waals surface area (Å²) < 4.78 is 3.07. The van der Waals surface area contributed by atoms with Gasteiger partial charge in [0.15, 0.2) is 0 Å².